The highest BCUT2D eigenvalue weighted by atomic mass is 16.7. The van der Waals surface area contributed by atoms with Gasteiger partial charge in [-0.25, -0.2) is 4.98 Å². The minimum Gasteiger partial charge on any atom is -0.454 e. The summed E-state index contributed by atoms with van der Waals surface area (Å²) in [4.78, 5) is 19.5. The highest BCUT2D eigenvalue weighted by molar-refractivity contribution is 6.07. The van der Waals surface area contributed by atoms with Gasteiger partial charge in [0, 0.05) is 23.9 Å². The van der Waals surface area contributed by atoms with E-state index in [4.69, 9.17) is 15.9 Å². The number of allylic oxidation sites excluding steroid dienone is 1. The van der Waals surface area contributed by atoms with Crippen molar-refractivity contribution in [2.45, 2.75) is 38.1 Å². The number of carbonyl (C=O) groups is 1. The molecular formula is C23H22N2O3. The normalized spacial score (nSPS) is 16.5. The summed E-state index contributed by atoms with van der Waals surface area (Å²) in [5, 5.41) is 0. The number of hydrogen-bond acceptors (Lipinski definition) is 4. The van der Waals surface area contributed by atoms with Crippen molar-refractivity contribution in [3.63, 3.8) is 0 Å². The maximum absolute atomic E-state index is 13.3. The molecular weight excluding hydrogens is 352 g/mol. The van der Waals surface area contributed by atoms with Gasteiger partial charge in [-0.15, -0.1) is 6.42 Å². The summed E-state index contributed by atoms with van der Waals surface area (Å²) in [6.45, 7) is 0.196. The average molecular weight is 374 g/mol. The first-order valence-electron chi connectivity index (χ1n) is 9.59. The molecule has 28 heavy (non-hydrogen) atoms. The third-order valence-corrected chi connectivity index (χ3v) is 5.18. The van der Waals surface area contributed by atoms with Gasteiger partial charge in [-0.3, -0.25) is 9.69 Å². The minimum absolute atomic E-state index is 0.142. The number of amides is 1. The summed E-state index contributed by atoms with van der Waals surface area (Å²) in [6.07, 6.45) is 14.4. The molecule has 2 heterocycles. The Kier molecular flexibility index (Phi) is 5.29. The molecule has 142 valence electrons. The Hall–Kier alpha value is -3.26. The van der Waals surface area contributed by atoms with Gasteiger partial charge in [0.2, 0.25) is 6.79 Å². The van der Waals surface area contributed by atoms with Crippen LogP contribution in [-0.4, -0.2) is 23.7 Å². The molecule has 0 N–H and O–H groups in total. The lowest BCUT2D eigenvalue weighted by Gasteiger charge is -2.33. The van der Waals surface area contributed by atoms with Crippen molar-refractivity contribution in [2.75, 3.05) is 11.7 Å². The van der Waals surface area contributed by atoms with Crippen molar-refractivity contribution in [3.8, 4) is 23.8 Å². The monoisotopic (exact) mass is 374 g/mol. The molecule has 0 atom stereocenters. The Morgan fingerprint density at radius 3 is 2.71 bits per heavy atom. The smallest absolute Gasteiger partial charge is 0.253 e. The first-order valence-corrected chi connectivity index (χ1v) is 9.59. The highest BCUT2D eigenvalue weighted by Crippen LogP contribution is 2.34. The van der Waals surface area contributed by atoms with Gasteiger partial charge in [-0.2, -0.15) is 0 Å². The van der Waals surface area contributed by atoms with E-state index in [2.05, 4.69) is 10.9 Å². The van der Waals surface area contributed by atoms with Gasteiger partial charge < -0.3 is 9.47 Å². The van der Waals surface area contributed by atoms with Crippen LogP contribution in [0.1, 0.15) is 37.7 Å². The molecule has 1 aromatic carbocycles. The zero-order chi connectivity index (χ0) is 19.3. The van der Waals surface area contributed by atoms with Gasteiger partial charge in [0.25, 0.3) is 5.91 Å². The Morgan fingerprint density at radius 2 is 1.96 bits per heavy atom. The second-order valence-corrected chi connectivity index (χ2v) is 6.96. The van der Waals surface area contributed by atoms with Crippen LogP contribution in [0.15, 0.2) is 48.7 Å². The molecule has 1 amide bonds. The Morgan fingerprint density at radius 1 is 1.14 bits per heavy atom. The van der Waals surface area contributed by atoms with Gasteiger partial charge in [0.15, 0.2) is 11.5 Å². The third kappa shape index (κ3) is 3.72. The summed E-state index contributed by atoms with van der Waals surface area (Å²) in [5.41, 5.74) is 1.27. The zero-order valence-electron chi connectivity index (χ0n) is 15.6. The maximum atomic E-state index is 13.3. The quantitative estimate of drug-likeness (QED) is 0.595. The summed E-state index contributed by atoms with van der Waals surface area (Å²) < 4.78 is 10.8. The number of terminal acetylenes is 1. The van der Waals surface area contributed by atoms with E-state index in [1.165, 1.54) is 12.5 Å². The standard InChI is InChI=1S/C23H22N2O3/c1-2-17(18-11-12-20-21(14-18)28-16-27-20)15-23(26)25(19-8-4-3-5-9-19)22-10-6-7-13-24-22/h1,6-7,10-15,19H,3-5,8-9,16H2. The van der Waals surface area contributed by atoms with Crippen LogP contribution in [-0.2, 0) is 4.79 Å². The molecule has 1 aromatic heterocycles. The lowest BCUT2D eigenvalue weighted by molar-refractivity contribution is -0.114. The molecule has 2 aromatic rings. The van der Waals surface area contributed by atoms with Crippen molar-refractivity contribution in [2.24, 2.45) is 0 Å². The molecule has 4 rings (SSSR count). The molecule has 1 fully saturated rings. The van der Waals surface area contributed by atoms with Crippen molar-refractivity contribution in [1.29, 1.82) is 0 Å². The largest absolute Gasteiger partial charge is 0.454 e. The lowest BCUT2D eigenvalue weighted by atomic mass is 9.93. The predicted octanol–water partition coefficient (Wildman–Crippen LogP) is 4.19. The Bertz CT molecular complexity index is 925. The predicted molar refractivity (Wildman–Crippen MR) is 108 cm³/mol. The van der Waals surface area contributed by atoms with Crippen molar-refractivity contribution in [3.05, 3.63) is 54.2 Å². The van der Waals surface area contributed by atoms with Gasteiger partial charge in [0.05, 0.1) is 0 Å². The number of ether oxygens (including phenoxy) is 2. The Balaban J connectivity index is 1.66. The summed E-state index contributed by atoms with van der Waals surface area (Å²) in [7, 11) is 0. The first-order chi connectivity index (χ1) is 13.8. The molecule has 2 aliphatic rings. The minimum atomic E-state index is -0.142. The van der Waals surface area contributed by atoms with Gasteiger partial charge in [0.1, 0.15) is 5.82 Å². The summed E-state index contributed by atoms with van der Waals surface area (Å²) in [5.74, 6) is 4.49. The SMILES string of the molecule is C#CC(=CC(=O)N(c1ccccn1)C1CCCCC1)c1ccc2c(c1)OCO2. The topological polar surface area (TPSA) is 51.7 Å². The molecule has 1 aliphatic heterocycles. The number of hydrogen-bond donors (Lipinski definition) is 0. The molecule has 0 spiro atoms. The number of pyridine rings is 1. The average Bonchev–Trinajstić information content (AvgIpc) is 3.21. The zero-order valence-corrected chi connectivity index (χ0v) is 15.6. The van der Waals surface area contributed by atoms with E-state index in [1.54, 1.807) is 11.1 Å². The fourth-order valence-corrected chi connectivity index (χ4v) is 3.78. The number of benzene rings is 1. The van der Waals surface area contributed by atoms with Gasteiger partial charge >= 0.3 is 0 Å². The second kappa shape index (κ2) is 8.18. The number of nitrogens with zero attached hydrogens (tertiary/aromatic N) is 2. The van der Waals surface area contributed by atoms with E-state index >= 15 is 0 Å². The fraction of sp³-hybridized carbons (Fsp3) is 0.304. The number of aromatic nitrogens is 1. The van der Waals surface area contributed by atoms with Gasteiger partial charge in [-0.05, 0) is 48.7 Å². The fourth-order valence-electron chi connectivity index (χ4n) is 3.78. The van der Waals surface area contributed by atoms with Crippen molar-refractivity contribution < 1.29 is 14.3 Å². The van der Waals surface area contributed by atoms with Crippen LogP contribution >= 0.6 is 0 Å². The van der Waals surface area contributed by atoms with Crippen LogP contribution in [0.5, 0.6) is 11.5 Å². The maximum Gasteiger partial charge on any atom is 0.253 e. The molecule has 0 saturated heterocycles. The molecule has 0 bridgehead atoms. The summed E-state index contributed by atoms with van der Waals surface area (Å²) in [6, 6.07) is 11.2. The second-order valence-electron chi connectivity index (χ2n) is 6.96. The number of anilines is 1. The van der Waals surface area contributed by atoms with Crippen LogP contribution in [0.4, 0.5) is 5.82 Å². The van der Waals surface area contributed by atoms with E-state index in [0.717, 1.165) is 31.2 Å². The molecule has 0 radical (unpaired) electrons. The third-order valence-electron chi connectivity index (χ3n) is 5.18. The first kappa shape index (κ1) is 18.1. The molecule has 5 heteroatoms. The van der Waals surface area contributed by atoms with Crippen LogP contribution in [0, 0.1) is 12.3 Å². The van der Waals surface area contributed by atoms with Crippen LogP contribution < -0.4 is 14.4 Å². The van der Waals surface area contributed by atoms with E-state index in [-0.39, 0.29) is 18.7 Å². The van der Waals surface area contributed by atoms with Gasteiger partial charge in [-0.1, -0.05) is 31.2 Å². The van der Waals surface area contributed by atoms with Crippen LogP contribution in [0.3, 0.4) is 0 Å². The molecule has 0 unspecified atom stereocenters. The number of carbonyl (C=O) groups excluding carboxylic acids is 1. The Labute approximate surface area is 165 Å². The van der Waals surface area contributed by atoms with Crippen molar-refractivity contribution >= 4 is 17.3 Å². The van der Waals surface area contributed by atoms with E-state index in [0.29, 0.717) is 22.9 Å². The molecule has 5 nitrogen and oxygen atoms in total. The van der Waals surface area contributed by atoms with Crippen LogP contribution in [0.25, 0.3) is 5.57 Å². The van der Waals surface area contributed by atoms with Crippen molar-refractivity contribution in [1.82, 2.24) is 4.98 Å². The molecule has 1 saturated carbocycles. The number of rotatable bonds is 4. The van der Waals surface area contributed by atoms with E-state index in [1.807, 2.05) is 36.4 Å². The molecule has 1 aliphatic carbocycles. The van der Waals surface area contributed by atoms with E-state index in [9.17, 15) is 4.79 Å². The van der Waals surface area contributed by atoms with E-state index < -0.39 is 0 Å². The number of fused-ring (bicyclic) bond motifs is 1. The summed E-state index contributed by atoms with van der Waals surface area (Å²) >= 11 is 0. The van der Waals surface area contributed by atoms with Crippen LogP contribution in [0.2, 0.25) is 0 Å². The highest BCUT2D eigenvalue weighted by Gasteiger charge is 2.27. The lowest BCUT2D eigenvalue weighted by Crippen LogP contribution is -2.41.